The Hall–Kier alpha value is -1.06. The Kier molecular flexibility index (Phi) is 5.15. The fourth-order valence-corrected chi connectivity index (χ4v) is 3.79. The molecule has 1 aromatic rings. The molecule has 0 radical (unpaired) electrons. The maximum atomic E-state index is 5.80. The SMILES string of the molecule is CCNC(CC1CCOc2ccccc21)C1CCOCC1. The van der Waals surface area contributed by atoms with Crippen LogP contribution in [0.1, 0.15) is 44.1 Å². The van der Waals surface area contributed by atoms with Crippen LogP contribution in [0.2, 0.25) is 0 Å². The normalized spacial score (nSPS) is 24.1. The predicted octanol–water partition coefficient (Wildman–Crippen LogP) is 3.35. The van der Waals surface area contributed by atoms with Gasteiger partial charge in [0, 0.05) is 19.3 Å². The molecule has 0 aromatic heterocycles. The van der Waals surface area contributed by atoms with E-state index in [1.54, 1.807) is 0 Å². The number of hydrogen-bond acceptors (Lipinski definition) is 3. The second kappa shape index (κ2) is 7.28. The Balaban J connectivity index is 1.71. The summed E-state index contributed by atoms with van der Waals surface area (Å²) in [6.45, 7) is 5.97. The minimum Gasteiger partial charge on any atom is -0.493 e. The van der Waals surface area contributed by atoms with Gasteiger partial charge in [0.05, 0.1) is 6.61 Å². The van der Waals surface area contributed by atoms with Crippen LogP contribution >= 0.6 is 0 Å². The van der Waals surface area contributed by atoms with Crippen LogP contribution in [0.25, 0.3) is 0 Å². The van der Waals surface area contributed by atoms with Crippen molar-refractivity contribution in [1.29, 1.82) is 0 Å². The minimum absolute atomic E-state index is 0.607. The third kappa shape index (κ3) is 3.58. The lowest BCUT2D eigenvalue weighted by atomic mass is 9.81. The van der Waals surface area contributed by atoms with Gasteiger partial charge in [-0.05, 0) is 55.7 Å². The van der Waals surface area contributed by atoms with Crippen molar-refractivity contribution in [2.75, 3.05) is 26.4 Å². The topological polar surface area (TPSA) is 30.5 Å². The summed E-state index contributed by atoms with van der Waals surface area (Å²) < 4.78 is 11.3. The van der Waals surface area contributed by atoms with Crippen molar-refractivity contribution in [1.82, 2.24) is 5.32 Å². The molecule has 3 nitrogen and oxygen atoms in total. The Morgan fingerprint density at radius 2 is 1.95 bits per heavy atom. The zero-order valence-electron chi connectivity index (χ0n) is 13.0. The molecule has 116 valence electrons. The molecule has 2 aliphatic heterocycles. The molecule has 0 aliphatic carbocycles. The van der Waals surface area contributed by atoms with E-state index in [-0.39, 0.29) is 0 Å². The van der Waals surface area contributed by atoms with E-state index in [4.69, 9.17) is 9.47 Å². The molecule has 2 atom stereocenters. The highest BCUT2D eigenvalue weighted by molar-refractivity contribution is 5.37. The number of nitrogens with one attached hydrogen (secondary N) is 1. The molecule has 2 unspecified atom stereocenters. The smallest absolute Gasteiger partial charge is 0.122 e. The van der Waals surface area contributed by atoms with E-state index in [1.807, 2.05) is 0 Å². The molecule has 0 bridgehead atoms. The lowest BCUT2D eigenvalue weighted by Crippen LogP contribution is -2.40. The highest BCUT2D eigenvalue weighted by Gasteiger charge is 2.29. The third-order valence-electron chi connectivity index (χ3n) is 4.92. The second-order valence-corrected chi connectivity index (χ2v) is 6.22. The predicted molar refractivity (Wildman–Crippen MR) is 84.9 cm³/mol. The van der Waals surface area contributed by atoms with Crippen LogP contribution in [0.3, 0.4) is 0 Å². The van der Waals surface area contributed by atoms with E-state index in [0.29, 0.717) is 12.0 Å². The van der Waals surface area contributed by atoms with E-state index in [0.717, 1.165) is 44.5 Å². The van der Waals surface area contributed by atoms with Crippen LogP contribution in [0.15, 0.2) is 24.3 Å². The summed E-state index contributed by atoms with van der Waals surface area (Å²) in [6.07, 6.45) is 4.76. The van der Waals surface area contributed by atoms with Crippen molar-refractivity contribution in [2.45, 2.75) is 44.6 Å². The molecule has 1 fully saturated rings. The number of rotatable bonds is 5. The van der Waals surface area contributed by atoms with E-state index >= 15 is 0 Å². The molecule has 21 heavy (non-hydrogen) atoms. The molecular formula is C18H27NO2. The summed E-state index contributed by atoms with van der Waals surface area (Å²) >= 11 is 0. The van der Waals surface area contributed by atoms with Crippen LogP contribution < -0.4 is 10.1 Å². The van der Waals surface area contributed by atoms with Gasteiger partial charge in [0.25, 0.3) is 0 Å². The lowest BCUT2D eigenvalue weighted by molar-refractivity contribution is 0.0511. The van der Waals surface area contributed by atoms with Gasteiger partial charge in [-0.1, -0.05) is 25.1 Å². The number of ether oxygens (including phenoxy) is 2. The van der Waals surface area contributed by atoms with Crippen LogP contribution in [0, 0.1) is 5.92 Å². The fraction of sp³-hybridized carbons (Fsp3) is 0.667. The summed E-state index contributed by atoms with van der Waals surface area (Å²) in [6, 6.07) is 9.17. The quantitative estimate of drug-likeness (QED) is 0.901. The van der Waals surface area contributed by atoms with Gasteiger partial charge >= 0.3 is 0 Å². The number of benzene rings is 1. The number of hydrogen-bond donors (Lipinski definition) is 1. The van der Waals surface area contributed by atoms with Crippen molar-refractivity contribution < 1.29 is 9.47 Å². The molecule has 0 saturated carbocycles. The van der Waals surface area contributed by atoms with E-state index in [9.17, 15) is 0 Å². The Labute approximate surface area is 128 Å². The number of para-hydroxylation sites is 1. The van der Waals surface area contributed by atoms with Crippen LogP contribution in [-0.4, -0.2) is 32.4 Å². The average Bonchev–Trinajstić information content (AvgIpc) is 2.55. The molecule has 1 aromatic carbocycles. The third-order valence-corrected chi connectivity index (χ3v) is 4.92. The van der Waals surface area contributed by atoms with Crippen molar-refractivity contribution >= 4 is 0 Å². The molecule has 0 spiro atoms. The van der Waals surface area contributed by atoms with Gasteiger partial charge in [-0.3, -0.25) is 0 Å². The van der Waals surface area contributed by atoms with E-state index < -0.39 is 0 Å². The molecule has 0 amide bonds. The van der Waals surface area contributed by atoms with Crippen molar-refractivity contribution in [3.8, 4) is 5.75 Å². The average molecular weight is 289 g/mol. The molecule has 2 aliphatic rings. The van der Waals surface area contributed by atoms with Crippen molar-refractivity contribution in [3.63, 3.8) is 0 Å². The first-order valence-corrected chi connectivity index (χ1v) is 8.41. The van der Waals surface area contributed by atoms with Crippen LogP contribution in [0.5, 0.6) is 5.75 Å². The van der Waals surface area contributed by atoms with Gasteiger partial charge < -0.3 is 14.8 Å². The first-order chi connectivity index (χ1) is 10.4. The molecule has 1 N–H and O–H groups in total. The largest absolute Gasteiger partial charge is 0.493 e. The summed E-state index contributed by atoms with van der Waals surface area (Å²) in [7, 11) is 0. The van der Waals surface area contributed by atoms with Crippen LogP contribution in [-0.2, 0) is 4.74 Å². The van der Waals surface area contributed by atoms with Crippen molar-refractivity contribution in [2.24, 2.45) is 5.92 Å². The standard InChI is InChI=1S/C18H27NO2/c1-2-19-17(14-7-10-20-11-8-14)13-15-9-12-21-18-6-4-3-5-16(15)18/h3-6,14-15,17,19H,2,7-13H2,1H3. The van der Waals surface area contributed by atoms with Crippen molar-refractivity contribution in [3.05, 3.63) is 29.8 Å². The van der Waals surface area contributed by atoms with Gasteiger partial charge in [-0.25, -0.2) is 0 Å². The van der Waals surface area contributed by atoms with E-state index in [2.05, 4.69) is 36.5 Å². The van der Waals surface area contributed by atoms with Gasteiger partial charge in [-0.2, -0.15) is 0 Å². The Bertz CT molecular complexity index is 443. The van der Waals surface area contributed by atoms with Gasteiger partial charge in [0.1, 0.15) is 5.75 Å². The monoisotopic (exact) mass is 289 g/mol. The fourth-order valence-electron chi connectivity index (χ4n) is 3.79. The molecular weight excluding hydrogens is 262 g/mol. The van der Waals surface area contributed by atoms with Crippen LogP contribution in [0.4, 0.5) is 0 Å². The van der Waals surface area contributed by atoms with E-state index in [1.165, 1.54) is 24.8 Å². The van der Waals surface area contributed by atoms with Gasteiger partial charge in [-0.15, -0.1) is 0 Å². The highest BCUT2D eigenvalue weighted by atomic mass is 16.5. The van der Waals surface area contributed by atoms with Gasteiger partial charge in [0.15, 0.2) is 0 Å². The summed E-state index contributed by atoms with van der Waals surface area (Å²) in [5, 5.41) is 3.73. The molecule has 3 rings (SSSR count). The van der Waals surface area contributed by atoms with Gasteiger partial charge in [0.2, 0.25) is 0 Å². The highest BCUT2D eigenvalue weighted by Crippen LogP contribution is 2.38. The first kappa shape index (κ1) is 14.9. The zero-order valence-corrected chi connectivity index (χ0v) is 13.0. The number of fused-ring (bicyclic) bond motifs is 1. The molecule has 3 heteroatoms. The minimum atomic E-state index is 0.607. The Morgan fingerprint density at radius 3 is 2.76 bits per heavy atom. The Morgan fingerprint density at radius 1 is 1.14 bits per heavy atom. The maximum Gasteiger partial charge on any atom is 0.122 e. The molecule has 1 saturated heterocycles. The maximum absolute atomic E-state index is 5.80. The summed E-state index contributed by atoms with van der Waals surface area (Å²) in [4.78, 5) is 0. The lowest BCUT2D eigenvalue weighted by Gasteiger charge is -2.35. The first-order valence-electron chi connectivity index (χ1n) is 8.41. The summed E-state index contributed by atoms with van der Waals surface area (Å²) in [5.41, 5.74) is 1.40. The second-order valence-electron chi connectivity index (χ2n) is 6.22. The molecule has 2 heterocycles. The summed E-state index contributed by atoms with van der Waals surface area (Å²) in [5.74, 6) is 2.48. The zero-order chi connectivity index (χ0) is 14.5.